The molecule has 0 aliphatic heterocycles. The minimum Gasteiger partial charge on any atom is -0.478 e. The smallest absolute Gasteiger partial charge is 0.335 e. The predicted molar refractivity (Wildman–Crippen MR) is 91.0 cm³/mol. The van der Waals surface area contributed by atoms with Crippen molar-refractivity contribution in [3.05, 3.63) is 71.0 Å². The molecule has 132 valence electrons. The Bertz CT molecular complexity index is 733. The van der Waals surface area contributed by atoms with E-state index in [2.05, 4.69) is 5.32 Å². The van der Waals surface area contributed by atoms with Gasteiger partial charge >= 0.3 is 5.97 Å². The Labute approximate surface area is 145 Å². The lowest BCUT2D eigenvalue weighted by molar-refractivity contribution is 0.0695. The van der Waals surface area contributed by atoms with Crippen molar-refractivity contribution in [2.24, 2.45) is 5.92 Å². The number of nitrogens with one attached hydrogen (secondary N) is 1. The summed E-state index contributed by atoms with van der Waals surface area (Å²) in [5.41, 5.74) is 0.693. The van der Waals surface area contributed by atoms with Crippen LogP contribution in [0.3, 0.4) is 0 Å². The highest BCUT2D eigenvalue weighted by atomic mass is 19.1. The van der Waals surface area contributed by atoms with E-state index in [0.29, 0.717) is 19.8 Å². The molecule has 2 N–H and O–H groups in total. The third-order valence-corrected chi connectivity index (χ3v) is 3.59. The number of carbonyl (C=O) groups is 2. The number of rotatable bonds is 8. The van der Waals surface area contributed by atoms with Gasteiger partial charge in [-0.05, 0) is 29.7 Å². The molecule has 2 aromatic rings. The van der Waals surface area contributed by atoms with Gasteiger partial charge in [0.05, 0.1) is 24.3 Å². The maximum absolute atomic E-state index is 13.8. The second kappa shape index (κ2) is 8.94. The molecule has 0 aliphatic carbocycles. The highest BCUT2D eigenvalue weighted by Gasteiger charge is 2.15. The number of carboxylic acids is 1. The molecule has 0 heterocycles. The summed E-state index contributed by atoms with van der Waals surface area (Å²) in [4.78, 5) is 22.8. The van der Waals surface area contributed by atoms with Crippen molar-refractivity contribution in [2.75, 3.05) is 13.2 Å². The lowest BCUT2D eigenvalue weighted by Gasteiger charge is -2.13. The largest absolute Gasteiger partial charge is 0.478 e. The van der Waals surface area contributed by atoms with Gasteiger partial charge < -0.3 is 15.2 Å². The SMILES string of the molecule is CC(CNC(=O)c1ccc(C(=O)O)cc1F)COCc1ccccc1. The van der Waals surface area contributed by atoms with Crippen LogP contribution in [0, 0.1) is 11.7 Å². The van der Waals surface area contributed by atoms with Crippen molar-refractivity contribution in [2.45, 2.75) is 13.5 Å². The monoisotopic (exact) mass is 345 g/mol. The Balaban J connectivity index is 1.78. The average Bonchev–Trinajstić information content (AvgIpc) is 2.60. The molecule has 0 radical (unpaired) electrons. The first-order chi connectivity index (χ1) is 12.0. The van der Waals surface area contributed by atoms with Crippen LogP contribution in [0.25, 0.3) is 0 Å². The van der Waals surface area contributed by atoms with E-state index in [4.69, 9.17) is 9.84 Å². The zero-order valence-electron chi connectivity index (χ0n) is 13.9. The number of amides is 1. The Kier molecular flexibility index (Phi) is 6.65. The number of hydrogen-bond donors (Lipinski definition) is 2. The molecule has 5 nitrogen and oxygen atoms in total. The molecular formula is C19H20FNO4. The highest BCUT2D eigenvalue weighted by molar-refractivity contribution is 5.96. The molecule has 0 bridgehead atoms. The van der Waals surface area contributed by atoms with Crippen LogP contribution >= 0.6 is 0 Å². The van der Waals surface area contributed by atoms with Crippen LogP contribution in [0.1, 0.15) is 33.2 Å². The summed E-state index contributed by atoms with van der Waals surface area (Å²) in [7, 11) is 0. The lowest BCUT2D eigenvalue weighted by atomic mass is 10.1. The van der Waals surface area contributed by atoms with E-state index in [1.807, 2.05) is 37.3 Å². The van der Waals surface area contributed by atoms with Gasteiger partial charge in [0.15, 0.2) is 0 Å². The van der Waals surface area contributed by atoms with Crippen molar-refractivity contribution in [1.29, 1.82) is 0 Å². The fourth-order valence-electron chi connectivity index (χ4n) is 2.21. The highest BCUT2D eigenvalue weighted by Crippen LogP contribution is 2.11. The zero-order valence-corrected chi connectivity index (χ0v) is 13.9. The second-order valence-electron chi connectivity index (χ2n) is 5.82. The minimum atomic E-state index is -1.24. The summed E-state index contributed by atoms with van der Waals surface area (Å²) in [6.07, 6.45) is 0. The topological polar surface area (TPSA) is 75.6 Å². The van der Waals surface area contributed by atoms with Gasteiger partial charge in [-0.1, -0.05) is 37.3 Å². The van der Waals surface area contributed by atoms with Gasteiger partial charge in [0, 0.05) is 6.54 Å². The Morgan fingerprint density at radius 3 is 2.56 bits per heavy atom. The first kappa shape index (κ1) is 18.6. The van der Waals surface area contributed by atoms with E-state index >= 15 is 0 Å². The van der Waals surface area contributed by atoms with Gasteiger partial charge in [-0.2, -0.15) is 0 Å². The predicted octanol–water partition coefficient (Wildman–Crippen LogP) is 3.11. The standard InChI is InChI=1S/C19H20FNO4/c1-13(11-25-12-14-5-3-2-4-6-14)10-21-18(22)16-8-7-15(19(23)24)9-17(16)20/h2-9,13H,10-12H2,1H3,(H,21,22)(H,23,24). The molecule has 0 spiro atoms. The molecule has 1 amide bonds. The fraction of sp³-hybridized carbons (Fsp3) is 0.263. The molecule has 0 fully saturated rings. The van der Waals surface area contributed by atoms with Crippen LogP contribution in [0.15, 0.2) is 48.5 Å². The molecule has 0 aliphatic rings. The van der Waals surface area contributed by atoms with E-state index in [-0.39, 0.29) is 17.0 Å². The van der Waals surface area contributed by atoms with E-state index in [1.54, 1.807) is 0 Å². The Morgan fingerprint density at radius 1 is 1.20 bits per heavy atom. The van der Waals surface area contributed by atoms with Crippen molar-refractivity contribution in [1.82, 2.24) is 5.32 Å². The van der Waals surface area contributed by atoms with Crippen molar-refractivity contribution in [3.8, 4) is 0 Å². The lowest BCUT2D eigenvalue weighted by Crippen LogP contribution is -2.30. The molecule has 0 saturated carbocycles. The van der Waals surface area contributed by atoms with Crippen LogP contribution in [0.2, 0.25) is 0 Å². The van der Waals surface area contributed by atoms with Crippen LogP contribution < -0.4 is 5.32 Å². The number of carboxylic acid groups (broad SMARTS) is 1. The normalized spacial score (nSPS) is 11.8. The van der Waals surface area contributed by atoms with Gasteiger partial charge in [-0.15, -0.1) is 0 Å². The van der Waals surface area contributed by atoms with Gasteiger partial charge in [-0.25, -0.2) is 9.18 Å². The molecule has 6 heteroatoms. The summed E-state index contributed by atoms with van der Waals surface area (Å²) in [6.45, 7) is 3.18. The summed E-state index contributed by atoms with van der Waals surface area (Å²) in [5.74, 6) is -2.63. The third kappa shape index (κ3) is 5.69. The molecule has 25 heavy (non-hydrogen) atoms. The fourth-order valence-corrected chi connectivity index (χ4v) is 2.21. The maximum Gasteiger partial charge on any atom is 0.335 e. The van der Waals surface area contributed by atoms with Crippen molar-refractivity contribution in [3.63, 3.8) is 0 Å². The number of carbonyl (C=O) groups excluding carboxylic acids is 1. The minimum absolute atomic E-state index is 0.0500. The van der Waals surface area contributed by atoms with E-state index in [1.165, 1.54) is 12.1 Å². The van der Waals surface area contributed by atoms with E-state index in [9.17, 15) is 14.0 Å². The number of hydrogen-bond acceptors (Lipinski definition) is 3. The van der Waals surface area contributed by atoms with Crippen LogP contribution in [0.5, 0.6) is 0 Å². The van der Waals surface area contributed by atoms with Crippen molar-refractivity contribution < 1.29 is 23.8 Å². The molecular weight excluding hydrogens is 325 g/mol. The number of benzene rings is 2. The van der Waals surface area contributed by atoms with E-state index < -0.39 is 17.7 Å². The molecule has 0 saturated heterocycles. The molecule has 2 aromatic carbocycles. The summed E-state index contributed by atoms with van der Waals surface area (Å²) < 4.78 is 19.4. The maximum atomic E-state index is 13.8. The summed E-state index contributed by atoms with van der Waals surface area (Å²) >= 11 is 0. The first-order valence-electron chi connectivity index (χ1n) is 7.90. The van der Waals surface area contributed by atoms with Gasteiger partial charge in [0.1, 0.15) is 5.82 Å². The van der Waals surface area contributed by atoms with Crippen LogP contribution in [0.4, 0.5) is 4.39 Å². The Hall–Kier alpha value is -2.73. The quantitative estimate of drug-likeness (QED) is 0.771. The van der Waals surface area contributed by atoms with Gasteiger partial charge in [0.2, 0.25) is 0 Å². The molecule has 0 aromatic heterocycles. The number of ether oxygens (including phenoxy) is 1. The van der Waals surface area contributed by atoms with Crippen LogP contribution in [-0.2, 0) is 11.3 Å². The van der Waals surface area contributed by atoms with Gasteiger partial charge in [0.25, 0.3) is 5.91 Å². The number of aromatic carboxylic acids is 1. The van der Waals surface area contributed by atoms with Gasteiger partial charge in [-0.3, -0.25) is 4.79 Å². The first-order valence-corrected chi connectivity index (χ1v) is 7.90. The third-order valence-electron chi connectivity index (χ3n) is 3.59. The second-order valence-corrected chi connectivity index (χ2v) is 5.82. The number of halogens is 1. The summed E-state index contributed by atoms with van der Waals surface area (Å²) in [6, 6.07) is 13.0. The van der Waals surface area contributed by atoms with E-state index in [0.717, 1.165) is 11.6 Å². The average molecular weight is 345 g/mol. The van der Waals surface area contributed by atoms with Crippen molar-refractivity contribution >= 4 is 11.9 Å². The molecule has 1 unspecified atom stereocenters. The molecule has 2 rings (SSSR count). The zero-order chi connectivity index (χ0) is 18.2. The Morgan fingerprint density at radius 2 is 1.92 bits per heavy atom. The van der Waals surface area contributed by atoms with Crippen LogP contribution in [-0.4, -0.2) is 30.1 Å². The molecule has 1 atom stereocenters. The summed E-state index contributed by atoms with van der Waals surface area (Å²) in [5, 5.41) is 11.4.